The van der Waals surface area contributed by atoms with E-state index in [0.29, 0.717) is 0 Å². The van der Waals surface area contributed by atoms with E-state index in [-0.39, 0.29) is 5.69 Å². The van der Waals surface area contributed by atoms with E-state index in [1.165, 1.54) is 0 Å². The molecule has 0 aliphatic carbocycles. The summed E-state index contributed by atoms with van der Waals surface area (Å²) >= 11 is 0. The molecule has 15 heavy (non-hydrogen) atoms. The van der Waals surface area contributed by atoms with Crippen LogP contribution in [-0.4, -0.2) is 15.7 Å². The Morgan fingerprint density at radius 1 is 1.33 bits per heavy atom. The molecule has 0 fully saturated rings. The minimum absolute atomic E-state index is 0.288. The van der Waals surface area contributed by atoms with Crippen LogP contribution in [0.3, 0.4) is 0 Å². The van der Waals surface area contributed by atoms with Crippen LogP contribution in [0.15, 0.2) is 36.4 Å². The van der Waals surface area contributed by atoms with E-state index in [9.17, 15) is 4.79 Å². The SMILES string of the molecule is Cn1nc(C(N)=O)cc1-c1ccccc1. The Bertz CT molecular complexity index is 488. The van der Waals surface area contributed by atoms with E-state index in [1.807, 2.05) is 30.3 Å². The molecule has 0 aliphatic rings. The standard InChI is InChI=1S/C11H11N3O/c1-14-10(7-9(13-14)11(12)15)8-5-3-2-4-6-8/h2-7H,1H3,(H2,12,15). The fourth-order valence-electron chi connectivity index (χ4n) is 1.47. The van der Waals surface area contributed by atoms with E-state index < -0.39 is 5.91 Å². The number of aromatic nitrogens is 2. The number of primary amides is 1. The van der Waals surface area contributed by atoms with Gasteiger partial charge < -0.3 is 5.73 Å². The van der Waals surface area contributed by atoms with Crippen LogP contribution in [0.25, 0.3) is 11.3 Å². The maximum atomic E-state index is 10.9. The summed E-state index contributed by atoms with van der Waals surface area (Å²) < 4.78 is 1.65. The number of amides is 1. The third kappa shape index (κ3) is 1.74. The number of hydrogen-bond acceptors (Lipinski definition) is 2. The highest BCUT2D eigenvalue weighted by atomic mass is 16.1. The van der Waals surface area contributed by atoms with Crippen LogP contribution in [-0.2, 0) is 7.05 Å². The van der Waals surface area contributed by atoms with Gasteiger partial charge in [-0.3, -0.25) is 9.48 Å². The molecule has 2 rings (SSSR count). The third-order valence-electron chi connectivity index (χ3n) is 2.20. The molecule has 76 valence electrons. The Hall–Kier alpha value is -2.10. The topological polar surface area (TPSA) is 60.9 Å². The molecule has 0 atom stereocenters. The molecule has 1 amide bonds. The molecule has 0 spiro atoms. The summed E-state index contributed by atoms with van der Waals surface area (Å²) in [5.74, 6) is -0.507. The first-order chi connectivity index (χ1) is 7.18. The highest BCUT2D eigenvalue weighted by molar-refractivity contribution is 5.91. The Balaban J connectivity index is 2.50. The van der Waals surface area contributed by atoms with Crippen LogP contribution in [0.2, 0.25) is 0 Å². The molecule has 1 aromatic heterocycles. The van der Waals surface area contributed by atoms with E-state index >= 15 is 0 Å². The molecule has 0 radical (unpaired) electrons. The molecule has 1 heterocycles. The smallest absolute Gasteiger partial charge is 0.269 e. The van der Waals surface area contributed by atoms with Crippen molar-refractivity contribution in [1.29, 1.82) is 0 Å². The molecule has 0 aliphatic heterocycles. The molecule has 0 bridgehead atoms. The van der Waals surface area contributed by atoms with Gasteiger partial charge in [0, 0.05) is 7.05 Å². The average Bonchev–Trinajstić information content (AvgIpc) is 2.62. The second kappa shape index (κ2) is 3.57. The highest BCUT2D eigenvalue weighted by Crippen LogP contribution is 2.18. The summed E-state index contributed by atoms with van der Waals surface area (Å²) in [7, 11) is 1.79. The Kier molecular flexibility index (Phi) is 2.25. The van der Waals surface area contributed by atoms with Crippen molar-refractivity contribution in [3.8, 4) is 11.3 Å². The van der Waals surface area contributed by atoms with E-state index in [2.05, 4.69) is 5.10 Å². The van der Waals surface area contributed by atoms with Crippen molar-refractivity contribution in [3.05, 3.63) is 42.1 Å². The van der Waals surface area contributed by atoms with Gasteiger partial charge in [-0.05, 0) is 11.6 Å². The quantitative estimate of drug-likeness (QED) is 0.793. The van der Waals surface area contributed by atoms with Crippen LogP contribution >= 0.6 is 0 Å². The lowest BCUT2D eigenvalue weighted by molar-refractivity contribution is 0.0995. The summed E-state index contributed by atoms with van der Waals surface area (Å²) in [5.41, 5.74) is 7.34. The fourth-order valence-corrected chi connectivity index (χ4v) is 1.47. The fraction of sp³-hybridized carbons (Fsp3) is 0.0909. The average molecular weight is 201 g/mol. The minimum atomic E-state index is -0.507. The van der Waals surface area contributed by atoms with Crippen molar-refractivity contribution in [2.75, 3.05) is 0 Å². The van der Waals surface area contributed by atoms with Crippen molar-refractivity contribution in [2.24, 2.45) is 12.8 Å². The maximum Gasteiger partial charge on any atom is 0.269 e. The van der Waals surface area contributed by atoms with Crippen molar-refractivity contribution >= 4 is 5.91 Å². The predicted molar refractivity (Wildman–Crippen MR) is 57.2 cm³/mol. The predicted octanol–water partition coefficient (Wildman–Crippen LogP) is 1.19. The van der Waals surface area contributed by atoms with Crippen molar-refractivity contribution in [2.45, 2.75) is 0 Å². The van der Waals surface area contributed by atoms with Gasteiger partial charge in [0.25, 0.3) is 5.91 Å². The first-order valence-corrected chi connectivity index (χ1v) is 4.58. The summed E-state index contributed by atoms with van der Waals surface area (Å²) in [6.07, 6.45) is 0. The lowest BCUT2D eigenvalue weighted by Crippen LogP contribution is -2.11. The molecular weight excluding hydrogens is 190 g/mol. The van der Waals surface area contributed by atoms with Crippen molar-refractivity contribution in [3.63, 3.8) is 0 Å². The van der Waals surface area contributed by atoms with Crippen LogP contribution < -0.4 is 5.73 Å². The first kappa shape index (κ1) is 9.45. The zero-order chi connectivity index (χ0) is 10.8. The van der Waals surface area contributed by atoms with E-state index in [1.54, 1.807) is 17.8 Å². The summed E-state index contributed by atoms with van der Waals surface area (Å²) in [4.78, 5) is 10.9. The van der Waals surface area contributed by atoms with Gasteiger partial charge in [0.1, 0.15) is 0 Å². The molecule has 1 aromatic carbocycles. The monoisotopic (exact) mass is 201 g/mol. The Morgan fingerprint density at radius 2 is 2.00 bits per heavy atom. The number of nitrogens with zero attached hydrogens (tertiary/aromatic N) is 2. The number of benzene rings is 1. The zero-order valence-electron chi connectivity index (χ0n) is 8.34. The van der Waals surface area contributed by atoms with Crippen LogP contribution in [0.1, 0.15) is 10.5 Å². The van der Waals surface area contributed by atoms with Gasteiger partial charge in [-0.15, -0.1) is 0 Å². The zero-order valence-corrected chi connectivity index (χ0v) is 8.34. The van der Waals surface area contributed by atoms with Gasteiger partial charge in [0.05, 0.1) is 5.69 Å². The normalized spacial score (nSPS) is 10.2. The Morgan fingerprint density at radius 3 is 2.53 bits per heavy atom. The molecule has 0 saturated carbocycles. The highest BCUT2D eigenvalue weighted by Gasteiger charge is 2.10. The summed E-state index contributed by atoms with van der Waals surface area (Å²) in [6.45, 7) is 0. The Labute approximate surface area is 87.3 Å². The minimum Gasteiger partial charge on any atom is -0.364 e. The van der Waals surface area contributed by atoms with Gasteiger partial charge >= 0.3 is 0 Å². The number of carbonyl (C=O) groups is 1. The number of nitrogens with two attached hydrogens (primary N) is 1. The molecule has 4 heteroatoms. The van der Waals surface area contributed by atoms with E-state index in [4.69, 9.17) is 5.73 Å². The lowest BCUT2D eigenvalue weighted by Gasteiger charge is -1.99. The van der Waals surface area contributed by atoms with Gasteiger partial charge in [-0.25, -0.2) is 0 Å². The molecule has 2 aromatic rings. The van der Waals surface area contributed by atoms with E-state index in [0.717, 1.165) is 11.3 Å². The molecule has 0 unspecified atom stereocenters. The van der Waals surface area contributed by atoms with Gasteiger partial charge in [0.2, 0.25) is 0 Å². The van der Waals surface area contributed by atoms with Crippen LogP contribution in [0, 0.1) is 0 Å². The van der Waals surface area contributed by atoms with Crippen molar-refractivity contribution in [1.82, 2.24) is 9.78 Å². The first-order valence-electron chi connectivity index (χ1n) is 4.58. The number of carbonyl (C=O) groups excluding carboxylic acids is 1. The molecule has 2 N–H and O–H groups in total. The second-order valence-corrected chi connectivity index (χ2v) is 3.27. The van der Waals surface area contributed by atoms with Gasteiger partial charge in [0.15, 0.2) is 5.69 Å². The largest absolute Gasteiger partial charge is 0.364 e. The lowest BCUT2D eigenvalue weighted by atomic mass is 10.1. The number of hydrogen-bond donors (Lipinski definition) is 1. The number of aryl methyl sites for hydroxylation is 1. The molecule has 4 nitrogen and oxygen atoms in total. The summed E-state index contributed by atoms with van der Waals surface area (Å²) in [5, 5.41) is 4.03. The van der Waals surface area contributed by atoms with Crippen LogP contribution in [0.4, 0.5) is 0 Å². The van der Waals surface area contributed by atoms with Gasteiger partial charge in [-0.1, -0.05) is 30.3 Å². The third-order valence-corrected chi connectivity index (χ3v) is 2.20. The van der Waals surface area contributed by atoms with Gasteiger partial charge in [-0.2, -0.15) is 5.10 Å². The maximum absolute atomic E-state index is 10.9. The second-order valence-electron chi connectivity index (χ2n) is 3.27. The van der Waals surface area contributed by atoms with Crippen LogP contribution in [0.5, 0.6) is 0 Å². The molecular formula is C11H11N3O. The van der Waals surface area contributed by atoms with Crippen molar-refractivity contribution < 1.29 is 4.79 Å². The summed E-state index contributed by atoms with van der Waals surface area (Å²) in [6, 6.07) is 11.4. The molecule has 0 saturated heterocycles. The number of rotatable bonds is 2.